The van der Waals surface area contributed by atoms with Crippen molar-refractivity contribution in [1.29, 1.82) is 0 Å². The third-order valence-electron chi connectivity index (χ3n) is 3.12. The number of benzene rings is 1. The second-order valence-electron chi connectivity index (χ2n) is 4.59. The summed E-state index contributed by atoms with van der Waals surface area (Å²) in [5, 5.41) is 0. The molecule has 0 heterocycles. The van der Waals surface area contributed by atoms with Gasteiger partial charge in [-0.3, -0.25) is 9.59 Å². The zero-order valence-corrected chi connectivity index (χ0v) is 10.9. The number of anilines is 1. The molecule has 1 aromatic rings. The summed E-state index contributed by atoms with van der Waals surface area (Å²) >= 11 is 0. The number of carbonyl (C=O) groups excluding carboxylic acids is 2. The first-order chi connectivity index (χ1) is 8.31. The van der Waals surface area contributed by atoms with Gasteiger partial charge in [0.25, 0.3) is 5.91 Å². The van der Waals surface area contributed by atoms with Gasteiger partial charge in [-0.05, 0) is 18.1 Å². The van der Waals surface area contributed by atoms with Gasteiger partial charge in [0, 0.05) is 12.7 Å². The molecule has 98 valence electrons. The summed E-state index contributed by atoms with van der Waals surface area (Å²) in [7, 11) is 1.57. The van der Waals surface area contributed by atoms with Gasteiger partial charge in [-0.1, -0.05) is 32.0 Å². The van der Waals surface area contributed by atoms with E-state index in [0.717, 1.165) is 0 Å². The maximum atomic E-state index is 12.3. The summed E-state index contributed by atoms with van der Waals surface area (Å²) in [5.41, 5.74) is 10.2. The smallest absolute Gasteiger partial charge is 0.256 e. The summed E-state index contributed by atoms with van der Waals surface area (Å²) in [6.45, 7) is 3.39. The maximum absolute atomic E-state index is 12.3. The summed E-state index contributed by atoms with van der Waals surface area (Å²) in [4.78, 5) is 25.2. The van der Waals surface area contributed by atoms with E-state index >= 15 is 0 Å². The van der Waals surface area contributed by atoms with Gasteiger partial charge in [0.15, 0.2) is 5.54 Å². The van der Waals surface area contributed by atoms with Crippen LogP contribution in [0.15, 0.2) is 30.3 Å². The second-order valence-corrected chi connectivity index (χ2v) is 4.59. The van der Waals surface area contributed by atoms with Crippen LogP contribution in [0.25, 0.3) is 0 Å². The molecule has 5 heteroatoms. The Kier molecular flexibility index (Phi) is 4.08. The lowest BCUT2D eigenvalue weighted by Crippen LogP contribution is -2.65. The summed E-state index contributed by atoms with van der Waals surface area (Å²) in [6, 6.07) is 8.97. The van der Waals surface area contributed by atoms with Gasteiger partial charge in [0.2, 0.25) is 5.91 Å². The molecule has 0 aliphatic rings. The average molecular weight is 249 g/mol. The van der Waals surface area contributed by atoms with Crippen LogP contribution in [0.2, 0.25) is 0 Å². The number of primary amides is 1. The van der Waals surface area contributed by atoms with Crippen LogP contribution in [-0.4, -0.2) is 24.4 Å². The van der Waals surface area contributed by atoms with E-state index in [9.17, 15) is 9.59 Å². The Hall–Kier alpha value is -1.88. The molecule has 18 heavy (non-hydrogen) atoms. The Bertz CT molecular complexity index is 445. The van der Waals surface area contributed by atoms with E-state index in [1.807, 2.05) is 6.07 Å². The molecule has 0 aliphatic heterocycles. The first kappa shape index (κ1) is 14.2. The number of para-hydroxylation sites is 1. The number of hydrogen-bond donors (Lipinski definition) is 2. The molecule has 0 aliphatic carbocycles. The minimum atomic E-state index is -1.69. The highest BCUT2D eigenvalue weighted by molar-refractivity contribution is 6.15. The largest absolute Gasteiger partial charge is 0.368 e. The quantitative estimate of drug-likeness (QED) is 0.761. The molecular weight excluding hydrogens is 230 g/mol. The Labute approximate surface area is 107 Å². The summed E-state index contributed by atoms with van der Waals surface area (Å²) < 4.78 is 0. The summed E-state index contributed by atoms with van der Waals surface area (Å²) in [6.07, 6.45) is 0. The Morgan fingerprint density at radius 3 is 2.11 bits per heavy atom. The molecule has 4 N–H and O–H groups in total. The maximum Gasteiger partial charge on any atom is 0.256 e. The van der Waals surface area contributed by atoms with Crippen molar-refractivity contribution in [3.63, 3.8) is 0 Å². The van der Waals surface area contributed by atoms with Crippen LogP contribution in [0, 0.1) is 5.92 Å². The minimum absolute atomic E-state index is 0.381. The number of nitrogens with two attached hydrogens (primary N) is 2. The van der Waals surface area contributed by atoms with E-state index in [4.69, 9.17) is 11.5 Å². The fourth-order valence-electron chi connectivity index (χ4n) is 1.68. The van der Waals surface area contributed by atoms with Gasteiger partial charge in [-0.2, -0.15) is 0 Å². The van der Waals surface area contributed by atoms with Crippen LogP contribution in [-0.2, 0) is 9.59 Å². The topological polar surface area (TPSA) is 89.4 Å². The van der Waals surface area contributed by atoms with Crippen LogP contribution < -0.4 is 16.4 Å². The lowest BCUT2D eigenvalue weighted by atomic mass is 9.85. The van der Waals surface area contributed by atoms with Crippen molar-refractivity contribution in [3.05, 3.63) is 30.3 Å². The van der Waals surface area contributed by atoms with Crippen LogP contribution in [0.5, 0.6) is 0 Å². The normalized spacial score (nSPS) is 14.1. The third-order valence-corrected chi connectivity index (χ3v) is 3.12. The fraction of sp³-hybridized carbons (Fsp3) is 0.385. The van der Waals surface area contributed by atoms with Crippen LogP contribution in [0.1, 0.15) is 13.8 Å². The van der Waals surface area contributed by atoms with Crippen molar-refractivity contribution < 1.29 is 9.59 Å². The van der Waals surface area contributed by atoms with Gasteiger partial charge in [0.1, 0.15) is 0 Å². The minimum Gasteiger partial charge on any atom is -0.368 e. The predicted octanol–water partition coefficient (Wildman–Crippen LogP) is 0.488. The number of rotatable bonds is 4. The van der Waals surface area contributed by atoms with E-state index < -0.39 is 17.4 Å². The molecule has 0 unspecified atom stereocenters. The number of nitrogens with zero attached hydrogens (tertiary/aromatic N) is 1. The lowest BCUT2D eigenvalue weighted by molar-refractivity contribution is -0.135. The van der Waals surface area contributed by atoms with Crippen molar-refractivity contribution in [2.24, 2.45) is 17.4 Å². The van der Waals surface area contributed by atoms with Crippen molar-refractivity contribution in [3.8, 4) is 0 Å². The van der Waals surface area contributed by atoms with Gasteiger partial charge < -0.3 is 16.4 Å². The number of likely N-dealkylation sites (N-methyl/N-ethyl adjacent to an activating group) is 1. The standard InChI is InChI=1S/C13H19N3O2/c1-9(2)13(15,11(14)17)12(18)16(3)10-7-5-4-6-8-10/h4-9H,15H2,1-3H3,(H2,14,17)/t13-/m0/s1. The first-order valence-electron chi connectivity index (χ1n) is 5.73. The summed E-state index contributed by atoms with van der Waals surface area (Å²) in [5.74, 6) is -1.70. The highest BCUT2D eigenvalue weighted by atomic mass is 16.2. The second kappa shape index (κ2) is 5.18. The van der Waals surface area contributed by atoms with E-state index in [0.29, 0.717) is 5.69 Å². The Morgan fingerprint density at radius 2 is 1.72 bits per heavy atom. The zero-order chi connectivity index (χ0) is 13.9. The van der Waals surface area contributed by atoms with Gasteiger partial charge in [-0.25, -0.2) is 0 Å². The van der Waals surface area contributed by atoms with Crippen LogP contribution in [0.3, 0.4) is 0 Å². The molecule has 0 bridgehead atoms. The molecule has 1 atom stereocenters. The molecule has 0 radical (unpaired) electrons. The molecule has 0 saturated heterocycles. The van der Waals surface area contributed by atoms with Crippen molar-refractivity contribution in [2.45, 2.75) is 19.4 Å². The van der Waals surface area contributed by atoms with Gasteiger partial charge >= 0.3 is 0 Å². The van der Waals surface area contributed by atoms with Crippen molar-refractivity contribution in [2.75, 3.05) is 11.9 Å². The van der Waals surface area contributed by atoms with E-state index in [2.05, 4.69) is 0 Å². The zero-order valence-electron chi connectivity index (χ0n) is 10.9. The fourth-order valence-corrected chi connectivity index (χ4v) is 1.68. The number of amides is 2. The average Bonchev–Trinajstić information content (AvgIpc) is 2.36. The van der Waals surface area contributed by atoms with Crippen molar-refractivity contribution in [1.82, 2.24) is 0 Å². The molecule has 0 fully saturated rings. The van der Waals surface area contributed by atoms with Gasteiger partial charge in [0.05, 0.1) is 0 Å². The molecule has 1 aromatic carbocycles. The predicted molar refractivity (Wildman–Crippen MR) is 70.8 cm³/mol. The monoisotopic (exact) mass is 249 g/mol. The highest BCUT2D eigenvalue weighted by Gasteiger charge is 2.45. The molecule has 1 rings (SSSR count). The molecular formula is C13H19N3O2. The Morgan fingerprint density at radius 1 is 1.22 bits per heavy atom. The molecule has 0 saturated carbocycles. The molecule has 0 spiro atoms. The van der Waals surface area contributed by atoms with Crippen LogP contribution >= 0.6 is 0 Å². The van der Waals surface area contributed by atoms with E-state index in [1.165, 1.54) is 4.90 Å². The number of carbonyl (C=O) groups is 2. The third kappa shape index (κ3) is 2.36. The first-order valence-corrected chi connectivity index (χ1v) is 5.73. The number of hydrogen-bond acceptors (Lipinski definition) is 3. The van der Waals surface area contributed by atoms with Crippen molar-refractivity contribution >= 4 is 17.5 Å². The Balaban J connectivity index is 3.10. The molecule has 2 amide bonds. The van der Waals surface area contributed by atoms with E-state index in [-0.39, 0.29) is 5.92 Å². The lowest BCUT2D eigenvalue weighted by Gasteiger charge is -2.32. The molecule has 5 nitrogen and oxygen atoms in total. The van der Waals surface area contributed by atoms with Gasteiger partial charge in [-0.15, -0.1) is 0 Å². The van der Waals surface area contributed by atoms with E-state index in [1.54, 1.807) is 45.2 Å². The SMILES string of the molecule is CC(C)[C@](N)(C(N)=O)C(=O)N(C)c1ccccc1. The molecule has 0 aromatic heterocycles. The highest BCUT2D eigenvalue weighted by Crippen LogP contribution is 2.20. The van der Waals surface area contributed by atoms with Crippen LogP contribution in [0.4, 0.5) is 5.69 Å².